The summed E-state index contributed by atoms with van der Waals surface area (Å²) in [7, 11) is 0. The fourth-order valence-electron chi connectivity index (χ4n) is 2.61. The summed E-state index contributed by atoms with van der Waals surface area (Å²) in [6, 6.07) is 16.7. The van der Waals surface area contributed by atoms with Gasteiger partial charge in [0.25, 0.3) is 0 Å². The molecule has 4 aromatic rings. The molecule has 0 atom stereocenters. The first-order valence-electron chi connectivity index (χ1n) is 7.81. The number of hydrogen-bond acceptors (Lipinski definition) is 5. The van der Waals surface area contributed by atoms with E-state index in [0.717, 1.165) is 16.9 Å². The van der Waals surface area contributed by atoms with Gasteiger partial charge in [0.2, 0.25) is 0 Å². The first-order valence-corrected chi connectivity index (χ1v) is 9.38. The van der Waals surface area contributed by atoms with E-state index >= 15 is 0 Å². The van der Waals surface area contributed by atoms with Gasteiger partial charge in [0.1, 0.15) is 5.75 Å². The molecule has 0 bridgehead atoms. The summed E-state index contributed by atoms with van der Waals surface area (Å²) in [5.74, 6) is -0.214. The minimum absolute atomic E-state index is 0.310. The van der Waals surface area contributed by atoms with Crippen molar-refractivity contribution in [3.05, 3.63) is 86.0 Å². The second-order valence-corrected chi connectivity index (χ2v) is 7.51. The molecule has 0 aliphatic rings. The number of halogens is 2. The van der Waals surface area contributed by atoms with Crippen LogP contribution in [0, 0.1) is 0 Å². The van der Waals surface area contributed by atoms with Crippen LogP contribution in [0.4, 0.5) is 0 Å². The van der Waals surface area contributed by atoms with E-state index in [1.54, 1.807) is 60.7 Å². The Morgan fingerprint density at radius 2 is 1.56 bits per heavy atom. The van der Waals surface area contributed by atoms with Crippen LogP contribution < -0.4 is 9.68 Å². The highest BCUT2D eigenvalue weighted by Gasteiger charge is 2.15. The van der Waals surface area contributed by atoms with E-state index < -0.39 is 10.9 Å². The maximum absolute atomic E-state index is 12.4. The first kappa shape index (κ1) is 17.8. The number of hydrogen-bond donors (Lipinski definition) is 0. The summed E-state index contributed by atoms with van der Waals surface area (Å²) >= 11 is 12.7. The lowest BCUT2D eigenvalue weighted by molar-refractivity contribution is 0.0735. The molecule has 0 spiro atoms. The maximum atomic E-state index is 12.4. The summed E-state index contributed by atoms with van der Waals surface area (Å²) in [6.07, 6.45) is 0. The average Bonchev–Trinajstić information content (AvgIpc) is 3.02. The zero-order valence-electron chi connectivity index (χ0n) is 13.6. The Bertz CT molecular complexity index is 1190. The molecular formula is C20H10Cl2O4S. The second kappa shape index (κ2) is 7.19. The Balaban J connectivity index is 1.77. The molecule has 0 aliphatic carbocycles. The molecule has 0 amide bonds. The molecule has 0 saturated heterocycles. The van der Waals surface area contributed by atoms with Crippen molar-refractivity contribution < 1.29 is 13.9 Å². The van der Waals surface area contributed by atoms with Gasteiger partial charge in [-0.2, -0.15) is 0 Å². The summed E-state index contributed by atoms with van der Waals surface area (Å²) in [5, 5.41) is 1.12. The van der Waals surface area contributed by atoms with Crippen molar-refractivity contribution in [1.82, 2.24) is 0 Å². The number of ether oxygens (including phenoxy) is 1. The van der Waals surface area contributed by atoms with Crippen molar-refractivity contribution in [2.75, 3.05) is 0 Å². The van der Waals surface area contributed by atoms with Crippen molar-refractivity contribution in [1.29, 1.82) is 0 Å². The van der Waals surface area contributed by atoms with Gasteiger partial charge in [-0.15, -0.1) is 0 Å². The fourth-order valence-corrected chi connectivity index (χ4v) is 3.58. The Morgan fingerprint density at radius 1 is 0.926 bits per heavy atom. The summed E-state index contributed by atoms with van der Waals surface area (Å²) in [6.45, 7) is 0. The van der Waals surface area contributed by atoms with Gasteiger partial charge in [-0.3, -0.25) is 0 Å². The minimum Gasteiger partial charge on any atom is -0.423 e. The van der Waals surface area contributed by atoms with Gasteiger partial charge >= 0.3 is 10.9 Å². The van der Waals surface area contributed by atoms with Crippen LogP contribution in [0.15, 0.2) is 69.9 Å². The van der Waals surface area contributed by atoms with Crippen molar-refractivity contribution in [2.24, 2.45) is 0 Å². The summed E-state index contributed by atoms with van der Waals surface area (Å²) < 4.78 is 11.4. The number of carbonyl (C=O) groups is 1. The van der Waals surface area contributed by atoms with Crippen molar-refractivity contribution >= 4 is 50.8 Å². The van der Waals surface area contributed by atoms with E-state index in [0.29, 0.717) is 37.2 Å². The predicted octanol–water partition coefficient (Wildman–Crippen LogP) is 6.05. The van der Waals surface area contributed by atoms with Crippen LogP contribution in [0.2, 0.25) is 10.0 Å². The molecule has 0 saturated carbocycles. The number of rotatable bonds is 3. The number of carbonyl (C=O) groups excluding carboxylic acids is 1. The zero-order valence-corrected chi connectivity index (χ0v) is 15.9. The third-order valence-corrected chi connectivity index (χ3v) is 5.13. The maximum Gasteiger partial charge on any atom is 0.396 e. The SMILES string of the molecule is O=C(Oc1cc(-c2ccc(Cl)cc2)c2oc(=O)sc2c1)c1ccc(Cl)cc1. The number of fused-ring (bicyclic) bond motifs is 1. The molecule has 27 heavy (non-hydrogen) atoms. The van der Waals surface area contributed by atoms with Gasteiger partial charge < -0.3 is 9.15 Å². The monoisotopic (exact) mass is 416 g/mol. The molecule has 1 heterocycles. The molecular weight excluding hydrogens is 407 g/mol. The zero-order chi connectivity index (χ0) is 19.0. The molecule has 7 heteroatoms. The van der Waals surface area contributed by atoms with Crippen molar-refractivity contribution in [3.8, 4) is 16.9 Å². The minimum atomic E-state index is -0.524. The Hall–Kier alpha value is -2.60. The molecule has 4 rings (SSSR count). The van der Waals surface area contributed by atoms with Gasteiger partial charge in [-0.25, -0.2) is 9.59 Å². The van der Waals surface area contributed by atoms with Crippen LogP contribution in [0.25, 0.3) is 21.4 Å². The van der Waals surface area contributed by atoms with E-state index in [2.05, 4.69) is 0 Å². The van der Waals surface area contributed by atoms with Crippen LogP contribution in [0.5, 0.6) is 5.75 Å². The molecule has 0 radical (unpaired) electrons. The fraction of sp³-hybridized carbons (Fsp3) is 0. The van der Waals surface area contributed by atoms with Crippen molar-refractivity contribution in [2.45, 2.75) is 0 Å². The number of esters is 1. The van der Waals surface area contributed by atoms with Gasteiger partial charge in [0.05, 0.1) is 10.3 Å². The average molecular weight is 417 g/mol. The molecule has 0 unspecified atom stereocenters. The third-order valence-electron chi connectivity index (χ3n) is 3.85. The molecule has 0 N–H and O–H groups in total. The van der Waals surface area contributed by atoms with E-state index in [4.69, 9.17) is 32.4 Å². The summed E-state index contributed by atoms with van der Waals surface area (Å²) in [4.78, 5) is 23.7. The third kappa shape index (κ3) is 3.76. The van der Waals surface area contributed by atoms with Gasteiger partial charge in [0, 0.05) is 21.7 Å². The highest BCUT2D eigenvalue weighted by molar-refractivity contribution is 7.16. The standard InChI is InChI=1S/C20H10Cl2O4S/c21-13-5-1-11(2-6-13)16-9-15(10-17-18(16)26-20(24)27-17)25-19(23)12-3-7-14(22)8-4-12/h1-10H. The highest BCUT2D eigenvalue weighted by atomic mass is 35.5. The Morgan fingerprint density at radius 3 is 2.22 bits per heavy atom. The Labute approximate surface area is 167 Å². The normalized spacial score (nSPS) is 10.9. The lowest BCUT2D eigenvalue weighted by Gasteiger charge is -2.08. The number of benzene rings is 3. The van der Waals surface area contributed by atoms with Gasteiger partial charge in [-0.05, 0) is 48.0 Å². The quantitative estimate of drug-likeness (QED) is 0.301. The van der Waals surface area contributed by atoms with Crippen LogP contribution >= 0.6 is 34.5 Å². The topological polar surface area (TPSA) is 56.5 Å². The van der Waals surface area contributed by atoms with Crippen molar-refractivity contribution in [3.63, 3.8) is 0 Å². The smallest absolute Gasteiger partial charge is 0.396 e. The Kier molecular flexibility index (Phi) is 4.74. The van der Waals surface area contributed by atoms with Crippen LogP contribution in [0.3, 0.4) is 0 Å². The van der Waals surface area contributed by atoms with E-state index in [1.807, 2.05) is 0 Å². The molecule has 0 fully saturated rings. The van der Waals surface area contributed by atoms with E-state index in [-0.39, 0.29) is 0 Å². The molecule has 0 aliphatic heterocycles. The van der Waals surface area contributed by atoms with Gasteiger partial charge in [0.15, 0.2) is 5.58 Å². The lowest BCUT2D eigenvalue weighted by atomic mass is 10.0. The predicted molar refractivity (Wildman–Crippen MR) is 107 cm³/mol. The molecule has 1 aromatic heterocycles. The van der Waals surface area contributed by atoms with Crippen LogP contribution in [0.1, 0.15) is 10.4 Å². The second-order valence-electron chi connectivity index (χ2n) is 5.66. The van der Waals surface area contributed by atoms with E-state index in [1.165, 1.54) is 0 Å². The molecule has 3 aromatic carbocycles. The van der Waals surface area contributed by atoms with Gasteiger partial charge in [-0.1, -0.05) is 46.7 Å². The molecule has 4 nitrogen and oxygen atoms in total. The van der Waals surface area contributed by atoms with E-state index in [9.17, 15) is 9.59 Å². The van der Waals surface area contributed by atoms with Crippen LogP contribution in [-0.2, 0) is 0 Å². The summed E-state index contributed by atoms with van der Waals surface area (Å²) in [5.41, 5.74) is 2.24. The largest absolute Gasteiger partial charge is 0.423 e. The van der Waals surface area contributed by atoms with Crippen LogP contribution in [-0.4, -0.2) is 5.97 Å². The molecule has 134 valence electrons. The first-order chi connectivity index (χ1) is 13.0. The lowest BCUT2D eigenvalue weighted by Crippen LogP contribution is -2.08. The highest BCUT2D eigenvalue weighted by Crippen LogP contribution is 2.35.